The number of hydrogen-bond donors (Lipinski definition) is 0. The smallest absolute Gasteiger partial charge is 0.471 e. The highest BCUT2D eigenvalue weighted by Crippen LogP contribution is 2.29. The summed E-state index contributed by atoms with van der Waals surface area (Å²) in [7, 11) is 2.85. The van der Waals surface area contributed by atoms with E-state index in [9.17, 15) is 18.0 Å². The van der Waals surface area contributed by atoms with Crippen molar-refractivity contribution in [2.24, 2.45) is 0 Å². The zero-order chi connectivity index (χ0) is 21.0. The van der Waals surface area contributed by atoms with Gasteiger partial charge in [-0.15, -0.1) is 0 Å². The highest BCUT2D eigenvalue weighted by Gasteiger charge is 2.38. The molecule has 0 saturated heterocycles. The molecule has 2 aromatic heterocycles. The van der Waals surface area contributed by atoms with Crippen LogP contribution in [0.15, 0.2) is 35.1 Å². The topological polar surface area (TPSA) is 100 Å². The molecule has 0 bridgehead atoms. The number of alkyl halides is 3. The minimum absolute atomic E-state index is 0.00524. The first-order chi connectivity index (χ1) is 13.8. The Morgan fingerprint density at radius 1 is 1.03 bits per heavy atom. The van der Waals surface area contributed by atoms with Crippen molar-refractivity contribution in [3.63, 3.8) is 0 Å². The van der Waals surface area contributed by atoms with Gasteiger partial charge in [-0.05, 0) is 5.56 Å². The molecule has 0 N–H and O–H groups in total. The molecule has 2 heterocycles. The van der Waals surface area contributed by atoms with Gasteiger partial charge in [-0.1, -0.05) is 29.4 Å². The van der Waals surface area contributed by atoms with Crippen LogP contribution in [0.1, 0.15) is 17.0 Å². The predicted molar refractivity (Wildman–Crippen MR) is 92.3 cm³/mol. The van der Waals surface area contributed by atoms with Gasteiger partial charge in [-0.25, -0.2) is 9.97 Å². The summed E-state index contributed by atoms with van der Waals surface area (Å²) >= 11 is 0. The highest BCUT2D eigenvalue weighted by atomic mass is 19.4. The number of ether oxygens (including phenoxy) is 2. The van der Waals surface area contributed by atoms with Crippen molar-refractivity contribution >= 4 is 5.78 Å². The number of Topliss-reactive ketones (excluding diaryl/α,β-unsaturated/α-hetero) is 1. The average molecular weight is 408 g/mol. The largest absolute Gasteiger partial charge is 0.481 e. The van der Waals surface area contributed by atoms with E-state index in [1.54, 1.807) is 12.1 Å². The quantitative estimate of drug-likeness (QED) is 0.588. The highest BCUT2D eigenvalue weighted by molar-refractivity contribution is 5.84. The zero-order valence-corrected chi connectivity index (χ0v) is 15.4. The SMILES string of the molecule is COc1ncnc(OC)c1CC(=O)Cc1ccc(-c2noc(C(F)(F)F)n2)cc1. The fraction of sp³-hybridized carbons (Fsp3) is 0.278. The Balaban J connectivity index is 1.70. The summed E-state index contributed by atoms with van der Waals surface area (Å²) in [4.78, 5) is 23.7. The molecule has 0 fully saturated rings. The Kier molecular flexibility index (Phi) is 5.76. The van der Waals surface area contributed by atoms with Crippen LogP contribution >= 0.6 is 0 Å². The van der Waals surface area contributed by atoms with E-state index >= 15 is 0 Å². The first-order valence-electron chi connectivity index (χ1n) is 8.25. The molecule has 0 aliphatic heterocycles. The number of aromatic nitrogens is 4. The number of benzene rings is 1. The third-order valence-corrected chi connectivity index (χ3v) is 3.91. The Labute approximate surface area is 162 Å². The fourth-order valence-electron chi connectivity index (χ4n) is 2.60. The third-order valence-electron chi connectivity index (χ3n) is 3.91. The summed E-state index contributed by atoms with van der Waals surface area (Å²) in [6.45, 7) is 0. The van der Waals surface area contributed by atoms with Gasteiger partial charge in [0.05, 0.1) is 19.8 Å². The van der Waals surface area contributed by atoms with Gasteiger partial charge in [0.1, 0.15) is 12.1 Å². The Morgan fingerprint density at radius 2 is 1.66 bits per heavy atom. The number of methoxy groups -OCH3 is 2. The summed E-state index contributed by atoms with van der Waals surface area (Å²) in [6.07, 6.45) is -3.36. The summed E-state index contributed by atoms with van der Waals surface area (Å²) in [6, 6.07) is 6.24. The van der Waals surface area contributed by atoms with Crippen molar-refractivity contribution in [1.29, 1.82) is 0 Å². The van der Waals surface area contributed by atoms with Gasteiger partial charge in [-0.2, -0.15) is 18.2 Å². The van der Waals surface area contributed by atoms with Crippen LogP contribution in [0, 0.1) is 0 Å². The number of halogens is 3. The lowest BCUT2D eigenvalue weighted by Crippen LogP contribution is -2.10. The maximum Gasteiger partial charge on any atom is 0.471 e. The maximum atomic E-state index is 12.6. The van der Waals surface area contributed by atoms with Crippen LogP contribution in [0.5, 0.6) is 11.8 Å². The van der Waals surface area contributed by atoms with Gasteiger partial charge in [0.15, 0.2) is 0 Å². The number of carbonyl (C=O) groups is 1. The van der Waals surface area contributed by atoms with Crippen LogP contribution in [0.3, 0.4) is 0 Å². The van der Waals surface area contributed by atoms with E-state index in [1.165, 1.54) is 32.7 Å². The number of rotatable bonds is 7. The molecule has 0 aliphatic rings. The molecule has 29 heavy (non-hydrogen) atoms. The van der Waals surface area contributed by atoms with Gasteiger partial charge in [0, 0.05) is 18.4 Å². The van der Waals surface area contributed by atoms with Gasteiger partial charge < -0.3 is 14.0 Å². The average Bonchev–Trinajstić information content (AvgIpc) is 3.19. The molecule has 0 atom stereocenters. The summed E-state index contributed by atoms with van der Waals surface area (Å²) < 4.78 is 52.2. The third kappa shape index (κ3) is 4.68. The predicted octanol–water partition coefficient (Wildman–Crippen LogP) is 2.92. The molecule has 3 aromatic rings. The molecule has 0 amide bonds. The molecule has 0 unspecified atom stereocenters. The molecule has 0 spiro atoms. The number of hydrogen-bond acceptors (Lipinski definition) is 8. The molecule has 0 aliphatic carbocycles. The van der Waals surface area contributed by atoms with Gasteiger partial charge in [-0.3, -0.25) is 4.79 Å². The zero-order valence-electron chi connectivity index (χ0n) is 15.4. The van der Waals surface area contributed by atoms with Crippen molar-refractivity contribution in [3.05, 3.63) is 47.6 Å². The lowest BCUT2D eigenvalue weighted by atomic mass is 10.0. The number of carbonyl (C=O) groups excluding carboxylic acids is 1. The lowest BCUT2D eigenvalue weighted by molar-refractivity contribution is -0.159. The second kappa shape index (κ2) is 8.25. The molecule has 1 aromatic carbocycles. The monoisotopic (exact) mass is 408 g/mol. The Morgan fingerprint density at radius 3 is 2.17 bits per heavy atom. The van der Waals surface area contributed by atoms with Crippen LogP contribution < -0.4 is 9.47 Å². The molecule has 11 heteroatoms. The van der Waals surface area contributed by atoms with Crippen molar-refractivity contribution < 1.29 is 32.0 Å². The van der Waals surface area contributed by atoms with Gasteiger partial charge in [0.2, 0.25) is 17.6 Å². The van der Waals surface area contributed by atoms with Crippen LogP contribution in [-0.2, 0) is 23.8 Å². The maximum absolute atomic E-state index is 12.6. The van der Waals surface area contributed by atoms with Gasteiger partial charge >= 0.3 is 12.1 Å². The molecular formula is C18H15F3N4O4. The second-order valence-electron chi connectivity index (χ2n) is 5.88. The van der Waals surface area contributed by atoms with Crippen molar-refractivity contribution in [3.8, 4) is 23.1 Å². The van der Waals surface area contributed by atoms with E-state index in [1.807, 2.05) is 0 Å². The minimum Gasteiger partial charge on any atom is -0.481 e. The first-order valence-corrected chi connectivity index (χ1v) is 8.25. The van der Waals surface area contributed by atoms with E-state index in [4.69, 9.17) is 9.47 Å². The molecule has 152 valence electrons. The number of ketones is 1. The second-order valence-corrected chi connectivity index (χ2v) is 5.88. The van der Waals surface area contributed by atoms with Gasteiger partial charge in [0.25, 0.3) is 0 Å². The van der Waals surface area contributed by atoms with Crippen molar-refractivity contribution in [1.82, 2.24) is 20.1 Å². The van der Waals surface area contributed by atoms with E-state index in [0.717, 1.165) is 0 Å². The van der Waals surface area contributed by atoms with E-state index in [-0.39, 0.29) is 36.2 Å². The molecule has 3 rings (SSSR count). The Hall–Kier alpha value is -3.50. The summed E-state index contributed by atoms with van der Waals surface area (Å²) in [5, 5.41) is 3.32. The normalized spacial score (nSPS) is 11.3. The molecule has 8 nitrogen and oxygen atoms in total. The van der Waals surface area contributed by atoms with Crippen molar-refractivity contribution in [2.45, 2.75) is 19.0 Å². The molecule has 0 radical (unpaired) electrons. The van der Waals surface area contributed by atoms with Crippen molar-refractivity contribution in [2.75, 3.05) is 14.2 Å². The molecular weight excluding hydrogens is 393 g/mol. The fourth-order valence-corrected chi connectivity index (χ4v) is 2.60. The Bertz CT molecular complexity index is 981. The summed E-state index contributed by atoms with van der Waals surface area (Å²) in [5.74, 6) is -1.26. The van der Waals surface area contributed by atoms with Crippen LogP contribution in [0.4, 0.5) is 13.2 Å². The summed E-state index contributed by atoms with van der Waals surface area (Å²) in [5.41, 5.74) is 1.43. The number of nitrogens with zero attached hydrogens (tertiary/aromatic N) is 4. The lowest BCUT2D eigenvalue weighted by Gasteiger charge is -2.10. The van der Waals surface area contributed by atoms with Crippen LogP contribution in [0.25, 0.3) is 11.4 Å². The molecule has 0 saturated carbocycles. The standard InChI is InChI=1S/C18H15F3N4O4/c1-27-15-13(16(28-2)23-9-22-15)8-12(26)7-10-3-5-11(6-4-10)14-24-17(29-25-14)18(19,20)21/h3-6,9H,7-8H2,1-2H3. The van der Waals surface area contributed by atoms with Crippen LogP contribution in [-0.4, -0.2) is 40.1 Å². The van der Waals surface area contributed by atoms with Crippen LogP contribution in [0.2, 0.25) is 0 Å². The van der Waals surface area contributed by atoms with E-state index in [0.29, 0.717) is 16.7 Å². The van der Waals surface area contributed by atoms with E-state index in [2.05, 4.69) is 24.6 Å². The first kappa shape index (κ1) is 20.2. The minimum atomic E-state index is -4.71. The van der Waals surface area contributed by atoms with E-state index < -0.39 is 12.1 Å².